The van der Waals surface area contributed by atoms with E-state index in [0.29, 0.717) is 6.04 Å². The highest BCUT2D eigenvalue weighted by Crippen LogP contribution is 2.26. The molecule has 1 heterocycles. The molecule has 1 atom stereocenters. The molecule has 3 heteroatoms. The van der Waals surface area contributed by atoms with Crippen LogP contribution in [0.5, 0.6) is 0 Å². The molecule has 1 N–H and O–H groups in total. The number of halogens is 1. The van der Waals surface area contributed by atoms with Gasteiger partial charge in [0.05, 0.1) is 0 Å². The normalized spacial score (nSPS) is 18.9. The van der Waals surface area contributed by atoms with Gasteiger partial charge in [-0.1, -0.05) is 34.1 Å². The molecule has 0 amide bonds. The lowest BCUT2D eigenvalue weighted by Gasteiger charge is -2.34. The van der Waals surface area contributed by atoms with Gasteiger partial charge in [0.2, 0.25) is 0 Å². The Balaban J connectivity index is 2.15. The van der Waals surface area contributed by atoms with Crippen LogP contribution in [0.25, 0.3) is 0 Å². The van der Waals surface area contributed by atoms with Gasteiger partial charge in [0.15, 0.2) is 0 Å². The summed E-state index contributed by atoms with van der Waals surface area (Å²) >= 11 is 3.49. The lowest BCUT2D eigenvalue weighted by atomic mass is 10.0. The summed E-state index contributed by atoms with van der Waals surface area (Å²) in [5, 5.41) is 3.40. The fourth-order valence-electron chi connectivity index (χ4n) is 2.33. The minimum absolute atomic E-state index is 0.475. The maximum atomic E-state index is 3.89. The molecule has 0 spiro atoms. The maximum Gasteiger partial charge on any atom is 0.0383 e. The Morgan fingerprint density at radius 2 is 1.94 bits per heavy atom. The molecule has 0 radical (unpaired) electrons. The number of benzene rings is 1. The molecule has 2 rings (SSSR count). The lowest BCUT2D eigenvalue weighted by molar-refractivity contribution is 0.174. The molecule has 0 saturated carbocycles. The van der Waals surface area contributed by atoms with Gasteiger partial charge in [0.25, 0.3) is 0 Å². The van der Waals surface area contributed by atoms with Crippen molar-refractivity contribution in [1.82, 2.24) is 10.2 Å². The van der Waals surface area contributed by atoms with Crippen molar-refractivity contribution >= 4 is 15.9 Å². The second-order valence-corrected chi connectivity index (χ2v) is 5.29. The van der Waals surface area contributed by atoms with Crippen molar-refractivity contribution in [1.29, 1.82) is 0 Å². The van der Waals surface area contributed by atoms with Crippen molar-refractivity contribution in [2.75, 3.05) is 26.2 Å². The monoisotopic (exact) mass is 294 g/mol. The SMILES string of the molecule is C=CC[C@@H](c1ccc(Br)cc1)N1CCNCC1. The van der Waals surface area contributed by atoms with Crippen LogP contribution in [-0.2, 0) is 0 Å². The number of nitrogens with one attached hydrogen (secondary N) is 1. The van der Waals surface area contributed by atoms with Crippen molar-refractivity contribution in [3.63, 3.8) is 0 Å². The fourth-order valence-corrected chi connectivity index (χ4v) is 2.60. The first-order valence-corrected chi connectivity index (χ1v) is 6.91. The molecule has 1 aliphatic rings. The van der Waals surface area contributed by atoms with Gasteiger partial charge < -0.3 is 5.32 Å². The van der Waals surface area contributed by atoms with Gasteiger partial charge in [-0.05, 0) is 24.1 Å². The molecule has 0 aliphatic carbocycles. The van der Waals surface area contributed by atoms with E-state index in [1.54, 1.807) is 0 Å². The Bertz CT molecular complexity index is 355. The van der Waals surface area contributed by atoms with Crippen LogP contribution >= 0.6 is 15.9 Å². The molecule has 0 unspecified atom stereocenters. The minimum Gasteiger partial charge on any atom is -0.314 e. The summed E-state index contributed by atoms with van der Waals surface area (Å²) in [6.07, 6.45) is 3.04. The van der Waals surface area contributed by atoms with Crippen LogP contribution in [0.4, 0.5) is 0 Å². The van der Waals surface area contributed by atoms with Gasteiger partial charge in [0, 0.05) is 36.7 Å². The standard InChI is InChI=1S/C14H19BrN2/c1-2-3-14(17-10-8-16-9-11-17)12-4-6-13(15)7-5-12/h2,4-7,14,16H,1,3,8-11H2/t14-/m0/s1. The van der Waals surface area contributed by atoms with Crippen molar-refractivity contribution in [2.24, 2.45) is 0 Å². The molecule has 1 aromatic rings. The zero-order valence-corrected chi connectivity index (χ0v) is 11.6. The highest BCUT2D eigenvalue weighted by Gasteiger charge is 2.20. The Hall–Kier alpha value is -0.640. The van der Waals surface area contributed by atoms with Crippen LogP contribution in [-0.4, -0.2) is 31.1 Å². The first kappa shape index (κ1) is 12.8. The van der Waals surface area contributed by atoms with Gasteiger partial charge in [-0.25, -0.2) is 0 Å². The van der Waals surface area contributed by atoms with E-state index >= 15 is 0 Å². The van der Waals surface area contributed by atoms with Crippen molar-refractivity contribution in [2.45, 2.75) is 12.5 Å². The number of rotatable bonds is 4. The van der Waals surface area contributed by atoms with Crippen molar-refractivity contribution < 1.29 is 0 Å². The van der Waals surface area contributed by atoms with Crippen LogP contribution in [0.1, 0.15) is 18.0 Å². The third-order valence-corrected chi connectivity index (χ3v) is 3.77. The summed E-state index contributed by atoms with van der Waals surface area (Å²) in [7, 11) is 0. The molecule has 1 aromatic carbocycles. The number of hydrogen-bond donors (Lipinski definition) is 1. The predicted molar refractivity (Wildman–Crippen MR) is 76.1 cm³/mol. The smallest absolute Gasteiger partial charge is 0.0383 e. The summed E-state index contributed by atoms with van der Waals surface area (Å²) < 4.78 is 1.14. The third-order valence-electron chi connectivity index (χ3n) is 3.24. The molecule has 1 saturated heterocycles. The molecule has 0 bridgehead atoms. The maximum absolute atomic E-state index is 3.89. The van der Waals surface area contributed by atoms with Gasteiger partial charge in [0.1, 0.15) is 0 Å². The largest absolute Gasteiger partial charge is 0.314 e. The van der Waals surface area contributed by atoms with Gasteiger partial charge in [-0.15, -0.1) is 6.58 Å². The summed E-state index contributed by atoms with van der Waals surface area (Å²) in [4.78, 5) is 2.54. The van der Waals surface area contributed by atoms with Crippen LogP contribution in [0.3, 0.4) is 0 Å². The third kappa shape index (κ3) is 3.41. The average Bonchev–Trinajstić information content (AvgIpc) is 2.38. The second-order valence-electron chi connectivity index (χ2n) is 4.38. The summed E-state index contributed by atoms with van der Waals surface area (Å²) in [6, 6.07) is 9.13. The first-order chi connectivity index (χ1) is 8.31. The molecule has 1 fully saturated rings. The van der Waals surface area contributed by atoms with Gasteiger partial charge >= 0.3 is 0 Å². The Labute approximate surface area is 112 Å². The molecule has 0 aromatic heterocycles. The highest BCUT2D eigenvalue weighted by molar-refractivity contribution is 9.10. The van der Waals surface area contributed by atoms with E-state index in [-0.39, 0.29) is 0 Å². The first-order valence-electron chi connectivity index (χ1n) is 6.12. The van der Waals surface area contributed by atoms with Crippen LogP contribution < -0.4 is 5.32 Å². The van der Waals surface area contributed by atoms with E-state index in [1.165, 1.54) is 5.56 Å². The van der Waals surface area contributed by atoms with E-state index < -0.39 is 0 Å². The summed E-state index contributed by atoms with van der Waals surface area (Å²) in [5.74, 6) is 0. The van der Waals surface area contributed by atoms with E-state index in [0.717, 1.165) is 37.1 Å². The van der Waals surface area contributed by atoms with Crippen molar-refractivity contribution in [3.8, 4) is 0 Å². The van der Waals surface area contributed by atoms with Gasteiger partial charge in [-0.3, -0.25) is 4.90 Å². The van der Waals surface area contributed by atoms with E-state index in [1.807, 2.05) is 6.08 Å². The Kier molecular flexibility index (Phi) is 4.77. The second kappa shape index (κ2) is 6.34. The quantitative estimate of drug-likeness (QED) is 0.859. The number of hydrogen-bond acceptors (Lipinski definition) is 2. The highest BCUT2D eigenvalue weighted by atomic mass is 79.9. The van der Waals surface area contributed by atoms with E-state index in [2.05, 4.69) is 57.0 Å². The van der Waals surface area contributed by atoms with E-state index in [9.17, 15) is 0 Å². The summed E-state index contributed by atoms with van der Waals surface area (Å²) in [5.41, 5.74) is 1.38. The lowest BCUT2D eigenvalue weighted by Crippen LogP contribution is -2.45. The van der Waals surface area contributed by atoms with Gasteiger partial charge in [-0.2, -0.15) is 0 Å². The minimum atomic E-state index is 0.475. The zero-order chi connectivity index (χ0) is 12.1. The molecular weight excluding hydrogens is 276 g/mol. The molecular formula is C14H19BrN2. The van der Waals surface area contributed by atoms with Crippen LogP contribution in [0.15, 0.2) is 41.4 Å². The number of nitrogens with zero attached hydrogens (tertiary/aromatic N) is 1. The topological polar surface area (TPSA) is 15.3 Å². The van der Waals surface area contributed by atoms with Crippen molar-refractivity contribution in [3.05, 3.63) is 47.0 Å². The molecule has 92 valence electrons. The Morgan fingerprint density at radius 3 is 2.53 bits per heavy atom. The predicted octanol–water partition coefficient (Wildman–Crippen LogP) is 2.97. The van der Waals surface area contributed by atoms with Crippen LogP contribution in [0, 0.1) is 0 Å². The average molecular weight is 295 g/mol. The Morgan fingerprint density at radius 1 is 1.29 bits per heavy atom. The zero-order valence-electron chi connectivity index (χ0n) is 10.0. The van der Waals surface area contributed by atoms with E-state index in [4.69, 9.17) is 0 Å². The number of piperazine rings is 1. The summed E-state index contributed by atoms with van der Waals surface area (Å²) in [6.45, 7) is 8.30. The molecule has 17 heavy (non-hydrogen) atoms. The van der Waals surface area contributed by atoms with Crippen LogP contribution in [0.2, 0.25) is 0 Å². The molecule has 1 aliphatic heterocycles. The molecule has 2 nitrogen and oxygen atoms in total. The fraction of sp³-hybridized carbons (Fsp3) is 0.429.